The van der Waals surface area contributed by atoms with Crippen LogP contribution in [0.1, 0.15) is 16.1 Å². The SMILES string of the molecule is O=C(NCc1cccnc1)c1cc(-c2ccccc2F)nn1-c1ccc([N+](=O)[O-])cc1. The number of nitro benzene ring substituents is 1. The van der Waals surface area contributed by atoms with Crippen molar-refractivity contribution < 1.29 is 14.1 Å². The van der Waals surface area contributed by atoms with Crippen LogP contribution in [0.4, 0.5) is 10.1 Å². The van der Waals surface area contributed by atoms with Crippen molar-refractivity contribution in [2.75, 3.05) is 0 Å². The molecular weight excluding hydrogens is 401 g/mol. The van der Waals surface area contributed by atoms with Crippen LogP contribution < -0.4 is 5.32 Å². The first kappa shape index (κ1) is 19.9. The third-order valence-electron chi connectivity index (χ3n) is 4.57. The Bertz CT molecular complexity index is 1240. The van der Waals surface area contributed by atoms with E-state index in [1.54, 1.807) is 36.7 Å². The van der Waals surface area contributed by atoms with Crippen molar-refractivity contribution in [1.82, 2.24) is 20.1 Å². The molecule has 0 spiro atoms. The Balaban J connectivity index is 1.72. The second-order valence-electron chi connectivity index (χ2n) is 6.62. The van der Waals surface area contributed by atoms with Gasteiger partial charge in [-0.05, 0) is 42.0 Å². The van der Waals surface area contributed by atoms with Gasteiger partial charge in [0.25, 0.3) is 11.6 Å². The lowest BCUT2D eigenvalue weighted by molar-refractivity contribution is -0.384. The average Bonchev–Trinajstić information content (AvgIpc) is 3.24. The standard InChI is InChI=1S/C22H16FN5O3/c23-19-6-2-1-5-18(19)20-12-21(22(29)25-14-15-4-3-11-24-13-15)27(26-20)16-7-9-17(10-8-16)28(30)31/h1-13H,14H2,(H,25,29). The fourth-order valence-electron chi connectivity index (χ4n) is 3.03. The van der Waals surface area contributed by atoms with E-state index in [-0.39, 0.29) is 29.2 Å². The molecule has 2 heterocycles. The first-order valence-electron chi connectivity index (χ1n) is 9.30. The number of carbonyl (C=O) groups excluding carboxylic acids is 1. The minimum absolute atomic E-state index is 0.0900. The molecule has 0 bridgehead atoms. The fourth-order valence-corrected chi connectivity index (χ4v) is 3.03. The predicted molar refractivity (Wildman–Crippen MR) is 111 cm³/mol. The molecule has 0 radical (unpaired) electrons. The summed E-state index contributed by atoms with van der Waals surface area (Å²) in [5.74, 6) is -0.907. The molecule has 0 aliphatic heterocycles. The number of amides is 1. The van der Waals surface area contributed by atoms with Crippen molar-refractivity contribution in [2.24, 2.45) is 0 Å². The smallest absolute Gasteiger partial charge is 0.270 e. The van der Waals surface area contributed by atoms with Crippen molar-refractivity contribution >= 4 is 11.6 Å². The summed E-state index contributed by atoms with van der Waals surface area (Å²) < 4.78 is 15.6. The zero-order valence-electron chi connectivity index (χ0n) is 16.1. The number of halogens is 1. The number of carbonyl (C=O) groups is 1. The molecule has 4 aromatic rings. The molecule has 0 saturated heterocycles. The second-order valence-corrected chi connectivity index (χ2v) is 6.62. The predicted octanol–water partition coefficient (Wildman–Crippen LogP) is 3.91. The largest absolute Gasteiger partial charge is 0.347 e. The summed E-state index contributed by atoms with van der Waals surface area (Å²) >= 11 is 0. The monoisotopic (exact) mass is 417 g/mol. The maximum absolute atomic E-state index is 14.3. The number of nitrogens with zero attached hydrogens (tertiary/aromatic N) is 4. The van der Waals surface area contributed by atoms with Gasteiger partial charge in [0.1, 0.15) is 11.5 Å². The Kier molecular flexibility index (Phi) is 5.48. The van der Waals surface area contributed by atoms with E-state index in [0.717, 1.165) is 5.56 Å². The summed E-state index contributed by atoms with van der Waals surface area (Å²) in [6.45, 7) is 0.243. The van der Waals surface area contributed by atoms with Crippen LogP contribution in [0.5, 0.6) is 0 Å². The average molecular weight is 417 g/mol. The highest BCUT2D eigenvalue weighted by Gasteiger charge is 2.19. The van der Waals surface area contributed by atoms with E-state index < -0.39 is 16.6 Å². The second kappa shape index (κ2) is 8.54. The van der Waals surface area contributed by atoms with Gasteiger partial charge in [0, 0.05) is 36.6 Å². The lowest BCUT2D eigenvalue weighted by atomic mass is 10.1. The molecule has 0 aliphatic carbocycles. The normalized spacial score (nSPS) is 10.6. The van der Waals surface area contributed by atoms with E-state index in [2.05, 4.69) is 15.4 Å². The molecule has 4 rings (SSSR count). The number of hydrogen-bond acceptors (Lipinski definition) is 5. The summed E-state index contributed by atoms with van der Waals surface area (Å²) in [7, 11) is 0. The van der Waals surface area contributed by atoms with E-state index in [9.17, 15) is 19.3 Å². The van der Waals surface area contributed by atoms with Crippen molar-refractivity contribution in [3.8, 4) is 16.9 Å². The molecule has 8 nitrogen and oxygen atoms in total. The van der Waals surface area contributed by atoms with E-state index >= 15 is 0 Å². The quantitative estimate of drug-likeness (QED) is 0.378. The van der Waals surface area contributed by atoms with Gasteiger partial charge in [-0.2, -0.15) is 5.10 Å². The maximum atomic E-state index is 14.3. The number of hydrogen-bond donors (Lipinski definition) is 1. The van der Waals surface area contributed by atoms with Gasteiger partial charge in [0.15, 0.2) is 0 Å². The van der Waals surface area contributed by atoms with E-state index in [1.807, 2.05) is 6.07 Å². The Morgan fingerprint density at radius 3 is 2.55 bits per heavy atom. The minimum atomic E-state index is -0.515. The molecule has 0 unspecified atom stereocenters. The zero-order valence-corrected chi connectivity index (χ0v) is 16.1. The Morgan fingerprint density at radius 2 is 1.87 bits per heavy atom. The van der Waals surface area contributed by atoms with Crippen LogP contribution in [-0.4, -0.2) is 25.6 Å². The number of rotatable bonds is 6. The molecule has 0 atom stereocenters. The van der Waals surface area contributed by atoms with Gasteiger partial charge >= 0.3 is 0 Å². The first-order valence-corrected chi connectivity index (χ1v) is 9.30. The van der Waals surface area contributed by atoms with Crippen LogP contribution in [-0.2, 0) is 6.54 Å². The summed E-state index contributed by atoms with van der Waals surface area (Å²) in [6.07, 6.45) is 3.27. The first-order chi connectivity index (χ1) is 15.0. The molecule has 9 heteroatoms. The van der Waals surface area contributed by atoms with Crippen molar-refractivity contribution in [2.45, 2.75) is 6.54 Å². The Morgan fingerprint density at radius 1 is 1.10 bits per heavy atom. The van der Waals surface area contributed by atoms with Gasteiger partial charge in [-0.3, -0.25) is 19.9 Å². The number of nitro groups is 1. The lowest BCUT2D eigenvalue weighted by Gasteiger charge is -2.08. The maximum Gasteiger partial charge on any atom is 0.270 e. The highest BCUT2D eigenvalue weighted by molar-refractivity contribution is 5.94. The van der Waals surface area contributed by atoms with Gasteiger partial charge in [0.05, 0.1) is 16.3 Å². The summed E-state index contributed by atoms with van der Waals surface area (Å²) in [4.78, 5) is 27.4. The molecule has 154 valence electrons. The Labute approximate surface area is 176 Å². The lowest BCUT2D eigenvalue weighted by Crippen LogP contribution is -2.25. The molecule has 1 N–H and O–H groups in total. The number of benzene rings is 2. The molecule has 0 fully saturated rings. The van der Waals surface area contributed by atoms with E-state index in [1.165, 1.54) is 41.1 Å². The highest BCUT2D eigenvalue weighted by atomic mass is 19.1. The third kappa shape index (κ3) is 4.30. The van der Waals surface area contributed by atoms with Crippen molar-refractivity contribution in [3.63, 3.8) is 0 Å². The van der Waals surface area contributed by atoms with Gasteiger partial charge in [-0.15, -0.1) is 0 Å². The molecular formula is C22H16FN5O3. The fraction of sp³-hybridized carbons (Fsp3) is 0.0455. The van der Waals surface area contributed by atoms with Crippen LogP contribution >= 0.6 is 0 Å². The van der Waals surface area contributed by atoms with Gasteiger partial charge in [-0.25, -0.2) is 9.07 Å². The zero-order chi connectivity index (χ0) is 21.8. The van der Waals surface area contributed by atoms with Gasteiger partial charge in [-0.1, -0.05) is 18.2 Å². The molecule has 2 aromatic heterocycles. The Hall–Kier alpha value is -4.40. The minimum Gasteiger partial charge on any atom is -0.347 e. The van der Waals surface area contributed by atoms with Gasteiger partial charge in [0.2, 0.25) is 0 Å². The number of non-ortho nitro benzene ring substituents is 1. The molecule has 0 aliphatic rings. The molecule has 1 amide bonds. The van der Waals surface area contributed by atoms with Crippen molar-refractivity contribution in [3.05, 3.63) is 106 Å². The third-order valence-corrected chi connectivity index (χ3v) is 4.57. The van der Waals surface area contributed by atoms with E-state index in [4.69, 9.17) is 0 Å². The van der Waals surface area contributed by atoms with Crippen LogP contribution in [0.3, 0.4) is 0 Å². The number of nitrogens with one attached hydrogen (secondary N) is 1. The highest BCUT2D eigenvalue weighted by Crippen LogP contribution is 2.25. The van der Waals surface area contributed by atoms with Crippen LogP contribution in [0.25, 0.3) is 16.9 Å². The number of pyridine rings is 1. The molecule has 0 saturated carbocycles. The number of aromatic nitrogens is 3. The summed E-state index contributed by atoms with van der Waals surface area (Å²) in [5, 5.41) is 18.1. The van der Waals surface area contributed by atoms with E-state index in [0.29, 0.717) is 5.69 Å². The van der Waals surface area contributed by atoms with Crippen LogP contribution in [0.15, 0.2) is 79.1 Å². The van der Waals surface area contributed by atoms with Crippen LogP contribution in [0, 0.1) is 15.9 Å². The van der Waals surface area contributed by atoms with Crippen molar-refractivity contribution in [1.29, 1.82) is 0 Å². The van der Waals surface area contributed by atoms with Crippen LogP contribution in [0.2, 0.25) is 0 Å². The summed E-state index contributed by atoms with van der Waals surface area (Å²) in [6, 6.07) is 16.8. The topological polar surface area (TPSA) is 103 Å². The molecule has 31 heavy (non-hydrogen) atoms. The van der Waals surface area contributed by atoms with Gasteiger partial charge < -0.3 is 5.32 Å². The summed E-state index contributed by atoms with van der Waals surface area (Å²) in [5.41, 5.74) is 1.82. The molecule has 2 aromatic carbocycles.